The van der Waals surface area contributed by atoms with Crippen molar-refractivity contribution in [2.45, 2.75) is 38.3 Å². The van der Waals surface area contributed by atoms with E-state index in [0.29, 0.717) is 19.5 Å². The fourth-order valence-electron chi connectivity index (χ4n) is 2.46. The highest BCUT2D eigenvalue weighted by atomic mass is 16.3. The van der Waals surface area contributed by atoms with E-state index in [1.54, 1.807) is 4.90 Å². The van der Waals surface area contributed by atoms with Gasteiger partial charge in [0, 0.05) is 0 Å². The Hall–Kier alpha value is -1.39. The van der Waals surface area contributed by atoms with E-state index in [0.717, 1.165) is 6.42 Å². The molecule has 1 unspecified atom stereocenters. The van der Waals surface area contributed by atoms with Crippen LogP contribution in [0.1, 0.15) is 25.8 Å². The summed E-state index contributed by atoms with van der Waals surface area (Å²) >= 11 is 0. The van der Waals surface area contributed by atoms with Gasteiger partial charge in [0.25, 0.3) is 0 Å². The summed E-state index contributed by atoms with van der Waals surface area (Å²) in [6.45, 7) is 4.75. The first kappa shape index (κ1) is 15.0. The molecule has 0 spiro atoms. The highest BCUT2D eigenvalue weighted by Gasteiger charge is 2.46. The highest BCUT2D eigenvalue weighted by Crippen LogP contribution is 2.29. The first-order valence-electron chi connectivity index (χ1n) is 7.23. The molecule has 1 aromatic carbocycles. The third-order valence-corrected chi connectivity index (χ3v) is 4.22. The second-order valence-corrected chi connectivity index (χ2v) is 6.08. The van der Waals surface area contributed by atoms with Crippen LogP contribution < -0.4 is 5.73 Å². The number of hydrogen-bond acceptors (Lipinski definition) is 3. The number of nitrogens with two attached hydrogens (primary N) is 1. The van der Waals surface area contributed by atoms with Gasteiger partial charge >= 0.3 is 0 Å². The highest BCUT2D eigenvalue weighted by molar-refractivity contribution is 5.82. The molecule has 1 fully saturated rings. The van der Waals surface area contributed by atoms with E-state index in [4.69, 9.17) is 5.73 Å². The molecule has 1 atom stereocenters. The Morgan fingerprint density at radius 3 is 2.50 bits per heavy atom. The number of hydrogen-bond donors (Lipinski definition) is 2. The van der Waals surface area contributed by atoms with Crippen LogP contribution in [0, 0.1) is 5.92 Å². The Labute approximate surface area is 120 Å². The molecule has 1 saturated heterocycles. The zero-order chi connectivity index (χ0) is 14.8. The number of benzene rings is 1. The number of carbonyl (C=O) groups is 1. The lowest BCUT2D eigenvalue weighted by molar-refractivity contribution is -0.165. The van der Waals surface area contributed by atoms with Gasteiger partial charge in [0.15, 0.2) is 0 Å². The van der Waals surface area contributed by atoms with Gasteiger partial charge in [-0.2, -0.15) is 0 Å². The normalized spacial score (nSPS) is 18.8. The van der Waals surface area contributed by atoms with Crippen molar-refractivity contribution in [1.29, 1.82) is 0 Å². The molecule has 4 nitrogen and oxygen atoms in total. The minimum absolute atomic E-state index is 0.0498. The van der Waals surface area contributed by atoms with E-state index < -0.39 is 11.6 Å². The SMILES string of the molecule is CC(C)C1(O)CN(C(=O)C(N)CCc2ccccc2)C1. The van der Waals surface area contributed by atoms with Crippen molar-refractivity contribution >= 4 is 5.91 Å². The predicted molar refractivity (Wildman–Crippen MR) is 79.1 cm³/mol. The summed E-state index contributed by atoms with van der Waals surface area (Å²) in [5, 5.41) is 10.2. The van der Waals surface area contributed by atoms with Crippen LogP contribution in [-0.2, 0) is 11.2 Å². The molecule has 0 aliphatic carbocycles. The molecule has 1 aliphatic rings. The number of β-amino-alcohol motifs (C(OH)–C–C–N with tert-alkyl or cyclic N) is 1. The standard InChI is InChI=1S/C16H24N2O2/c1-12(2)16(20)10-18(11-16)15(19)14(17)9-8-13-6-4-3-5-7-13/h3-7,12,14,20H,8-11,17H2,1-2H3. The van der Waals surface area contributed by atoms with Gasteiger partial charge in [0.2, 0.25) is 5.91 Å². The number of amides is 1. The average Bonchev–Trinajstić information content (AvgIpc) is 2.41. The fraction of sp³-hybridized carbons (Fsp3) is 0.562. The molecule has 2 rings (SSSR count). The van der Waals surface area contributed by atoms with Gasteiger partial charge in [0.1, 0.15) is 5.60 Å². The first-order valence-corrected chi connectivity index (χ1v) is 7.23. The van der Waals surface area contributed by atoms with Gasteiger partial charge in [0.05, 0.1) is 19.1 Å². The van der Waals surface area contributed by atoms with E-state index in [2.05, 4.69) is 0 Å². The maximum atomic E-state index is 12.1. The predicted octanol–water partition coefficient (Wildman–Crippen LogP) is 1.18. The minimum Gasteiger partial charge on any atom is -0.386 e. The lowest BCUT2D eigenvalue weighted by atomic mass is 9.82. The molecule has 0 bridgehead atoms. The second kappa shape index (κ2) is 5.94. The summed E-state index contributed by atoms with van der Waals surface area (Å²) in [7, 11) is 0. The number of aryl methyl sites for hydroxylation is 1. The van der Waals surface area contributed by atoms with E-state index in [1.807, 2.05) is 44.2 Å². The Morgan fingerprint density at radius 2 is 1.95 bits per heavy atom. The van der Waals surface area contributed by atoms with Crippen molar-refractivity contribution in [1.82, 2.24) is 4.90 Å². The van der Waals surface area contributed by atoms with Crippen molar-refractivity contribution in [2.75, 3.05) is 13.1 Å². The molecule has 0 aromatic heterocycles. The van der Waals surface area contributed by atoms with Crippen LogP contribution in [0.2, 0.25) is 0 Å². The lowest BCUT2D eigenvalue weighted by Crippen LogP contribution is -2.68. The molecule has 110 valence electrons. The van der Waals surface area contributed by atoms with Crippen LogP contribution in [0.5, 0.6) is 0 Å². The number of nitrogens with zero attached hydrogens (tertiary/aromatic N) is 1. The number of rotatable bonds is 5. The molecule has 0 radical (unpaired) electrons. The molecule has 1 heterocycles. The van der Waals surface area contributed by atoms with Crippen LogP contribution in [0.4, 0.5) is 0 Å². The van der Waals surface area contributed by atoms with E-state index >= 15 is 0 Å². The zero-order valence-corrected chi connectivity index (χ0v) is 12.2. The smallest absolute Gasteiger partial charge is 0.239 e. The molecule has 1 aromatic rings. The monoisotopic (exact) mass is 276 g/mol. The van der Waals surface area contributed by atoms with Gasteiger partial charge in [-0.15, -0.1) is 0 Å². The number of likely N-dealkylation sites (tertiary alicyclic amines) is 1. The van der Waals surface area contributed by atoms with Crippen LogP contribution in [0.15, 0.2) is 30.3 Å². The van der Waals surface area contributed by atoms with Crippen LogP contribution in [0.3, 0.4) is 0 Å². The molecular formula is C16H24N2O2. The molecule has 0 saturated carbocycles. The van der Waals surface area contributed by atoms with Crippen molar-refractivity contribution in [3.05, 3.63) is 35.9 Å². The number of aliphatic hydroxyl groups is 1. The number of carbonyl (C=O) groups excluding carboxylic acids is 1. The average molecular weight is 276 g/mol. The summed E-state index contributed by atoms with van der Waals surface area (Å²) in [6, 6.07) is 9.55. The van der Waals surface area contributed by atoms with Gasteiger partial charge in [-0.05, 0) is 24.3 Å². The summed E-state index contributed by atoms with van der Waals surface area (Å²) in [4.78, 5) is 13.8. The second-order valence-electron chi connectivity index (χ2n) is 6.08. The first-order chi connectivity index (χ1) is 9.42. The maximum absolute atomic E-state index is 12.1. The largest absolute Gasteiger partial charge is 0.386 e. The molecule has 1 aliphatic heterocycles. The minimum atomic E-state index is -0.727. The Kier molecular flexibility index (Phi) is 4.45. The lowest BCUT2D eigenvalue weighted by Gasteiger charge is -2.49. The third kappa shape index (κ3) is 3.19. The maximum Gasteiger partial charge on any atom is 0.239 e. The van der Waals surface area contributed by atoms with Gasteiger partial charge < -0.3 is 15.7 Å². The fourth-order valence-corrected chi connectivity index (χ4v) is 2.46. The van der Waals surface area contributed by atoms with Crippen molar-refractivity contribution in [3.63, 3.8) is 0 Å². The van der Waals surface area contributed by atoms with Gasteiger partial charge in [-0.1, -0.05) is 44.2 Å². The zero-order valence-electron chi connectivity index (χ0n) is 12.2. The quantitative estimate of drug-likeness (QED) is 0.848. The Balaban J connectivity index is 1.79. The summed E-state index contributed by atoms with van der Waals surface area (Å²) in [5.74, 6) is 0.110. The van der Waals surface area contributed by atoms with E-state index in [1.165, 1.54) is 5.56 Å². The molecule has 1 amide bonds. The van der Waals surface area contributed by atoms with Crippen molar-refractivity contribution < 1.29 is 9.90 Å². The van der Waals surface area contributed by atoms with Crippen LogP contribution in [-0.4, -0.2) is 40.6 Å². The van der Waals surface area contributed by atoms with E-state index in [9.17, 15) is 9.90 Å². The Morgan fingerprint density at radius 1 is 1.35 bits per heavy atom. The Bertz CT molecular complexity index is 453. The summed E-state index contributed by atoms with van der Waals surface area (Å²) < 4.78 is 0. The van der Waals surface area contributed by atoms with E-state index in [-0.39, 0.29) is 11.8 Å². The summed E-state index contributed by atoms with van der Waals surface area (Å²) in [6.07, 6.45) is 1.44. The van der Waals surface area contributed by atoms with Crippen molar-refractivity contribution in [2.24, 2.45) is 11.7 Å². The summed E-state index contributed by atoms with van der Waals surface area (Å²) in [5.41, 5.74) is 6.43. The molecule has 3 N–H and O–H groups in total. The topological polar surface area (TPSA) is 66.6 Å². The molecule has 4 heteroatoms. The molecular weight excluding hydrogens is 252 g/mol. The van der Waals surface area contributed by atoms with Gasteiger partial charge in [-0.25, -0.2) is 0 Å². The molecule has 20 heavy (non-hydrogen) atoms. The van der Waals surface area contributed by atoms with Crippen molar-refractivity contribution in [3.8, 4) is 0 Å². The van der Waals surface area contributed by atoms with Crippen LogP contribution >= 0.6 is 0 Å². The third-order valence-electron chi connectivity index (χ3n) is 4.22. The van der Waals surface area contributed by atoms with Gasteiger partial charge in [-0.3, -0.25) is 4.79 Å². The van der Waals surface area contributed by atoms with Crippen LogP contribution in [0.25, 0.3) is 0 Å².